The summed E-state index contributed by atoms with van der Waals surface area (Å²) in [5.74, 6) is 1.68. The Bertz CT molecular complexity index is 576. The van der Waals surface area contributed by atoms with Crippen LogP contribution in [-0.4, -0.2) is 47.8 Å². The zero-order valence-corrected chi connectivity index (χ0v) is 16.3. The molecule has 0 aromatic heterocycles. The summed E-state index contributed by atoms with van der Waals surface area (Å²) in [6.45, 7) is 1.82. The fourth-order valence-corrected chi connectivity index (χ4v) is 8.36. The summed E-state index contributed by atoms with van der Waals surface area (Å²) in [5, 5.41) is 11.0. The van der Waals surface area contributed by atoms with Gasteiger partial charge in [-0.25, -0.2) is 0 Å². The molecule has 1 N–H and O–H groups in total. The predicted molar refractivity (Wildman–Crippen MR) is 99.6 cm³/mol. The Morgan fingerprint density at radius 2 is 1.88 bits per heavy atom. The highest BCUT2D eigenvalue weighted by atomic mass is 16.5. The number of aliphatic hydroxyl groups is 1. The van der Waals surface area contributed by atoms with E-state index >= 15 is 0 Å². The highest BCUT2D eigenvalue weighted by Gasteiger charge is 2.58. The highest BCUT2D eigenvalue weighted by Crippen LogP contribution is 2.63. The van der Waals surface area contributed by atoms with Crippen molar-refractivity contribution in [1.82, 2.24) is 4.90 Å². The molecule has 1 saturated heterocycles. The van der Waals surface area contributed by atoms with Gasteiger partial charge in [-0.2, -0.15) is 0 Å². The third-order valence-corrected chi connectivity index (χ3v) is 8.75. The highest BCUT2D eigenvalue weighted by molar-refractivity contribution is 5.77. The van der Waals surface area contributed by atoms with Crippen LogP contribution in [0, 0.1) is 22.7 Å². The summed E-state index contributed by atoms with van der Waals surface area (Å²) in [6, 6.07) is 0. The van der Waals surface area contributed by atoms with E-state index in [1.165, 1.54) is 38.5 Å². The van der Waals surface area contributed by atoms with Crippen LogP contribution in [0.2, 0.25) is 0 Å². The van der Waals surface area contributed by atoms with Gasteiger partial charge in [-0.05, 0) is 81.5 Å². The average molecular weight is 362 g/mol. The van der Waals surface area contributed by atoms with Crippen molar-refractivity contribution >= 4 is 5.91 Å². The zero-order valence-electron chi connectivity index (χ0n) is 16.3. The van der Waals surface area contributed by atoms with E-state index in [4.69, 9.17) is 4.74 Å². The second-order valence-electron chi connectivity index (χ2n) is 10.8. The lowest BCUT2D eigenvalue weighted by molar-refractivity contribution is -0.173. The molecule has 4 heteroatoms. The molecule has 5 saturated carbocycles. The van der Waals surface area contributed by atoms with Crippen molar-refractivity contribution in [3.8, 4) is 0 Å². The van der Waals surface area contributed by atoms with Gasteiger partial charge in [0.15, 0.2) is 0 Å². The maximum Gasteiger partial charge on any atom is 0.223 e. The largest absolute Gasteiger partial charge is 0.390 e. The van der Waals surface area contributed by atoms with E-state index in [-0.39, 0.29) is 10.8 Å². The molecule has 4 atom stereocenters. The normalized spacial score (nSPS) is 49.9. The van der Waals surface area contributed by atoms with Gasteiger partial charge in [0.1, 0.15) is 0 Å². The molecule has 0 aromatic rings. The van der Waals surface area contributed by atoms with Crippen molar-refractivity contribution in [3.05, 3.63) is 0 Å². The van der Waals surface area contributed by atoms with Gasteiger partial charge in [-0.3, -0.25) is 4.79 Å². The number of carbonyl (C=O) groups is 1. The third-order valence-electron chi connectivity index (χ3n) is 8.75. The molecule has 6 aliphatic rings. The van der Waals surface area contributed by atoms with E-state index in [1.807, 2.05) is 7.11 Å². The van der Waals surface area contributed by atoms with Gasteiger partial charge in [-0.15, -0.1) is 0 Å². The average Bonchev–Trinajstić information content (AvgIpc) is 2.94. The Morgan fingerprint density at radius 1 is 1.15 bits per heavy atom. The van der Waals surface area contributed by atoms with Crippen LogP contribution in [0.5, 0.6) is 0 Å². The van der Waals surface area contributed by atoms with Crippen molar-refractivity contribution in [2.24, 2.45) is 22.7 Å². The first kappa shape index (κ1) is 17.5. The molecule has 0 radical (unpaired) electrons. The quantitative estimate of drug-likeness (QED) is 0.837. The van der Waals surface area contributed by atoms with E-state index in [9.17, 15) is 9.90 Å². The Balaban J connectivity index is 1.30. The van der Waals surface area contributed by atoms with Gasteiger partial charge >= 0.3 is 0 Å². The summed E-state index contributed by atoms with van der Waals surface area (Å²) in [7, 11) is 1.84. The molecule has 26 heavy (non-hydrogen) atoms. The van der Waals surface area contributed by atoms with Crippen molar-refractivity contribution in [1.29, 1.82) is 0 Å². The minimum atomic E-state index is -0.458. The van der Waals surface area contributed by atoms with Crippen LogP contribution in [0.3, 0.4) is 0 Å². The van der Waals surface area contributed by atoms with Gasteiger partial charge in [-0.1, -0.05) is 6.42 Å². The first-order chi connectivity index (χ1) is 12.4. The number of amides is 1. The molecule has 4 bridgehead atoms. The summed E-state index contributed by atoms with van der Waals surface area (Å²) in [4.78, 5) is 15.5. The number of ether oxygens (including phenoxy) is 1. The Hall–Kier alpha value is -0.610. The van der Waals surface area contributed by atoms with Crippen LogP contribution in [-0.2, 0) is 9.53 Å². The second-order valence-corrected chi connectivity index (χ2v) is 10.8. The summed E-state index contributed by atoms with van der Waals surface area (Å²) >= 11 is 0. The van der Waals surface area contributed by atoms with E-state index in [0.717, 1.165) is 45.2 Å². The van der Waals surface area contributed by atoms with Crippen LogP contribution < -0.4 is 0 Å². The summed E-state index contributed by atoms with van der Waals surface area (Å²) in [6.07, 6.45) is 13.4. The van der Waals surface area contributed by atoms with Crippen molar-refractivity contribution < 1.29 is 14.6 Å². The first-order valence-corrected chi connectivity index (χ1v) is 11.0. The Morgan fingerprint density at radius 3 is 2.58 bits per heavy atom. The summed E-state index contributed by atoms with van der Waals surface area (Å²) in [5.41, 5.74) is -0.153. The van der Waals surface area contributed by atoms with E-state index < -0.39 is 5.60 Å². The van der Waals surface area contributed by atoms with Crippen LogP contribution in [0.1, 0.15) is 77.0 Å². The molecular weight excluding hydrogens is 326 g/mol. The van der Waals surface area contributed by atoms with E-state index in [2.05, 4.69) is 4.90 Å². The van der Waals surface area contributed by atoms with Gasteiger partial charge in [0.25, 0.3) is 0 Å². The SMILES string of the molecule is CO[C@@H]1CCC[C@@]12CCCN(C(=O)CC13CC4CC(CC(O)(C4)C1)C3)C2. The molecule has 4 nitrogen and oxygen atoms in total. The summed E-state index contributed by atoms with van der Waals surface area (Å²) < 4.78 is 5.81. The number of nitrogens with zero attached hydrogens (tertiary/aromatic N) is 1. The van der Waals surface area contributed by atoms with Crippen molar-refractivity contribution in [2.75, 3.05) is 20.2 Å². The zero-order chi connectivity index (χ0) is 18.0. The topological polar surface area (TPSA) is 49.8 Å². The molecule has 6 fully saturated rings. The van der Waals surface area contributed by atoms with Crippen molar-refractivity contribution in [3.63, 3.8) is 0 Å². The van der Waals surface area contributed by atoms with Crippen LogP contribution >= 0.6 is 0 Å². The number of piperidine rings is 1. The molecule has 6 rings (SSSR count). The van der Waals surface area contributed by atoms with Crippen LogP contribution in [0.25, 0.3) is 0 Å². The number of rotatable bonds is 3. The molecule has 1 aliphatic heterocycles. The number of likely N-dealkylation sites (tertiary alicyclic amines) is 1. The fourth-order valence-electron chi connectivity index (χ4n) is 8.36. The lowest BCUT2D eigenvalue weighted by Crippen LogP contribution is -2.57. The molecule has 1 heterocycles. The Kier molecular flexibility index (Phi) is 4.00. The molecule has 0 aromatic carbocycles. The standard InChI is InChI=1S/C22H35NO3/c1-26-18-4-2-5-21(18)6-3-7-23(15-21)19(24)13-20-9-16-8-17(10-20)12-22(25,11-16)14-20/h16-18,25H,2-15H2,1H3/t16?,17?,18-,20?,21+,22?/m1/s1. The maximum atomic E-state index is 13.3. The van der Waals surface area contributed by atoms with Gasteiger partial charge in [0.05, 0.1) is 11.7 Å². The van der Waals surface area contributed by atoms with E-state index in [0.29, 0.717) is 30.3 Å². The van der Waals surface area contributed by atoms with Crippen LogP contribution in [0.4, 0.5) is 0 Å². The molecule has 2 unspecified atom stereocenters. The number of carbonyl (C=O) groups excluding carboxylic acids is 1. The lowest BCUT2D eigenvalue weighted by Gasteiger charge is -2.60. The number of methoxy groups -OCH3 is 1. The minimum Gasteiger partial charge on any atom is -0.390 e. The van der Waals surface area contributed by atoms with Crippen molar-refractivity contribution in [2.45, 2.75) is 88.8 Å². The van der Waals surface area contributed by atoms with Gasteiger partial charge in [0, 0.05) is 32.0 Å². The van der Waals surface area contributed by atoms with Gasteiger partial charge in [0.2, 0.25) is 5.91 Å². The first-order valence-electron chi connectivity index (χ1n) is 11.0. The smallest absolute Gasteiger partial charge is 0.223 e. The number of hydrogen-bond acceptors (Lipinski definition) is 3. The lowest BCUT2D eigenvalue weighted by atomic mass is 9.47. The fraction of sp³-hybridized carbons (Fsp3) is 0.955. The minimum absolute atomic E-state index is 0.0941. The third kappa shape index (κ3) is 2.74. The second kappa shape index (κ2) is 5.94. The number of hydrogen-bond donors (Lipinski definition) is 1. The van der Waals surface area contributed by atoms with Crippen LogP contribution in [0.15, 0.2) is 0 Å². The molecule has 5 aliphatic carbocycles. The molecule has 1 spiro atoms. The molecular formula is C22H35NO3. The van der Waals surface area contributed by atoms with Gasteiger partial charge < -0.3 is 14.7 Å². The molecule has 1 amide bonds. The maximum absolute atomic E-state index is 13.3. The van der Waals surface area contributed by atoms with E-state index in [1.54, 1.807) is 0 Å². The predicted octanol–water partition coefficient (Wildman–Crippen LogP) is 3.52. The molecule has 146 valence electrons. The Labute approximate surface area is 157 Å². The monoisotopic (exact) mass is 361 g/mol.